The molecule has 0 aromatic heterocycles. The third-order valence-corrected chi connectivity index (χ3v) is 3.69. The van der Waals surface area contributed by atoms with E-state index in [2.05, 4.69) is 76.6 Å². The van der Waals surface area contributed by atoms with Crippen LogP contribution in [0.15, 0.2) is 46.9 Å². The van der Waals surface area contributed by atoms with Crippen molar-refractivity contribution in [2.45, 2.75) is 13.1 Å². The summed E-state index contributed by atoms with van der Waals surface area (Å²) in [5.74, 6) is 0.870. The Hall–Kier alpha value is -1.52. The molecule has 112 valence electrons. The van der Waals surface area contributed by atoms with Gasteiger partial charge in [-0.3, -0.25) is 0 Å². The molecule has 0 saturated carbocycles. The van der Waals surface area contributed by atoms with Gasteiger partial charge in [-0.05, 0) is 49.5 Å². The van der Waals surface area contributed by atoms with Crippen LogP contribution in [0.1, 0.15) is 11.1 Å². The molecule has 2 aromatic carbocycles. The molecule has 0 atom stereocenters. The molecule has 1 N–H and O–H groups in total. The summed E-state index contributed by atoms with van der Waals surface area (Å²) in [6, 6.07) is 14.6. The van der Waals surface area contributed by atoms with Gasteiger partial charge in [-0.25, -0.2) is 0 Å². The molecule has 0 heterocycles. The molecular weight excluding hydrogens is 328 g/mol. The van der Waals surface area contributed by atoms with E-state index in [1.54, 1.807) is 7.11 Å². The standard InChI is InChI=1S/C17H21BrN2O/c1-20(2)12-14-6-9-17(21-3)16(10-14)19-11-13-4-7-15(18)8-5-13/h4-10,19H,11-12H2,1-3H3. The minimum absolute atomic E-state index is 0.773. The van der Waals surface area contributed by atoms with Crippen LogP contribution in [0.5, 0.6) is 5.75 Å². The van der Waals surface area contributed by atoms with Gasteiger partial charge in [0.25, 0.3) is 0 Å². The largest absolute Gasteiger partial charge is 0.495 e. The topological polar surface area (TPSA) is 24.5 Å². The highest BCUT2D eigenvalue weighted by Crippen LogP contribution is 2.26. The lowest BCUT2D eigenvalue weighted by Gasteiger charge is -2.15. The molecule has 2 aromatic rings. The summed E-state index contributed by atoms with van der Waals surface area (Å²) in [5, 5.41) is 3.45. The number of hydrogen-bond donors (Lipinski definition) is 1. The van der Waals surface area contributed by atoms with Gasteiger partial charge in [0.2, 0.25) is 0 Å². The van der Waals surface area contributed by atoms with Crippen LogP contribution >= 0.6 is 15.9 Å². The fraction of sp³-hybridized carbons (Fsp3) is 0.294. The lowest BCUT2D eigenvalue weighted by Crippen LogP contribution is -2.11. The van der Waals surface area contributed by atoms with E-state index in [0.29, 0.717) is 0 Å². The van der Waals surface area contributed by atoms with Gasteiger partial charge in [-0.2, -0.15) is 0 Å². The summed E-state index contributed by atoms with van der Waals surface area (Å²) in [6.07, 6.45) is 0. The highest BCUT2D eigenvalue weighted by molar-refractivity contribution is 9.10. The van der Waals surface area contributed by atoms with Crippen molar-refractivity contribution in [1.82, 2.24) is 4.90 Å². The van der Waals surface area contributed by atoms with Crippen molar-refractivity contribution in [2.24, 2.45) is 0 Å². The van der Waals surface area contributed by atoms with E-state index < -0.39 is 0 Å². The summed E-state index contributed by atoms with van der Waals surface area (Å²) < 4.78 is 6.52. The van der Waals surface area contributed by atoms with E-state index in [-0.39, 0.29) is 0 Å². The summed E-state index contributed by atoms with van der Waals surface area (Å²) >= 11 is 3.45. The second-order valence-corrected chi connectivity index (χ2v) is 6.17. The zero-order chi connectivity index (χ0) is 15.2. The lowest BCUT2D eigenvalue weighted by atomic mass is 10.1. The van der Waals surface area contributed by atoms with Crippen molar-refractivity contribution in [2.75, 3.05) is 26.5 Å². The van der Waals surface area contributed by atoms with Crippen molar-refractivity contribution < 1.29 is 4.74 Å². The average Bonchev–Trinajstić information content (AvgIpc) is 2.46. The first-order valence-corrected chi connectivity index (χ1v) is 7.68. The Kier molecular flexibility index (Phi) is 5.65. The molecule has 0 aliphatic heterocycles. The molecule has 21 heavy (non-hydrogen) atoms. The highest BCUT2D eigenvalue weighted by atomic mass is 79.9. The molecule has 0 amide bonds. The van der Waals surface area contributed by atoms with Crippen molar-refractivity contribution in [3.8, 4) is 5.75 Å². The lowest BCUT2D eigenvalue weighted by molar-refractivity contribution is 0.400. The van der Waals surface area contributed by atoms with Crippen LogP contribution in [-0.4, -0.2) is 26.1 Å². The minimum atomic E-state index is 0.773. The van der Waals surface area contributed by atoms with Crippen LogP contribution in [0.3, 0.4) is 0 Å². The van der Waals surface area contributed by atoms with Gasteiger partial charge in [-0.15, -0.1) is 0 Å². The van der Waals surface area contributed by atoms with Crippen molar-refractivity contribution in [3.63, 3.8) is 0 Å². The van der Waals surface area contributed by atoms with Gasteiger partial charge in [0.1, 0.15) is 5.75 Å². The molecule has 0 aliphatic carbocycles. The first-order valence-electron chi connectivity index (χ1n) is 6.88. The molecule has 0 saturated heterocycles. The molecule has 0 bridgehead atoms. The highest BCUT2D eigenvalue weighted by Gasteiger charge is 2.05. The average molecular weight is 349 g/mol. The van der Waals surface area contributed by atoms with Crippen LogP contribution in [-0.2, 0) is 13.1 Å². The van der Waals surface area contributed by atoms with Crippen molar-refractivity contribution in [1.29, 1.82) is 0 Å². The molecule has 2 rings (SSSR count). The van der Waals surface area contributed by atoms with E-state index in [1.807, 2.05) is 6.07 Å². The Morgan fingerprint density at radius 3 is 2.33 bits per heavy atom. The first-order chi connectivity index (χ1) is 10.1. The predicted molar refractivity (Wildman–Crippen MR) is 91.9 cm³/mol. The Bertz CT molecular complexity index is 582. The zero-order valence-electron chi connectivity index (χ0n) is 12.7. The molecule has 3 nitrogen and oxygen atoms in total. The van der Waals surface area contributed by atoms with Crippen molar-refractivity contribution >= 4 is 21.6 Å². The first kappa shape index (κ1) is 15.9. The number of benzene rings is 2. The van der Waals surface area contributed by atoms with Gasteiger partial charge in [0.15, 0.2) is 0 Å². The van der Waals surface area contributed by atoms with E-state index in [9.17, 15) is 0 Å². The molecule has 0 fully saturated rings. The Labute approximate surface area is 135 Å². The summed E-state index contributed by atoms with van der Waals surface area (Å²) in [5.41, 5.74) is 3.53. The Morgan fingerprint density at radius 2 is 1.71 bits per heavy atom. The number of rotatable bonds is 6. The molecular formula is C17H21BrN2O. The number of halogens is 1. The van der Waals surface area contributed by atoms with Crippen LogP contribution in [0, 0.1) is 0 Å². The van der Waals surface area contributed by atoms with Gasteiger partial charge >= 0.3 is 0 Å². The zero-order valence-corrected chi connectivity index (χ0v) is 14.3. The van der Waals surface area contributed by atoms with Crippen LogP contribution in [0.2, 0.25) is 0 Å². The number of ether oxygens (including phenoxy) is 1. The van der Waals surface area contributed by atoms with Crippen LogP contribution < -0.4 is 10.1 Å². The minimum Gasteiger partial charge on any atom is -0.495 e. The number of anilines is 1. The summed E-state index contributed by atoms with van der Waals surface area (Å²) in [6.45, 7) is 1.69. The molecule has 0 radical (unpaired) electrons. The van der Waals surface area contributed by atoms with Gasteiger partial charge in [0.05, 0.1) is 12.8 Å². The van der Waals surface area contributed by atoms with E-state index in [0.717, 1.165) is 29.0 Å². The fourth-order valence-electron chi connectivity index (χ4n) is 2.16. The predicted octanol–water partition coefficient (Wildman–Crippen LogP) is 4.13. The summed E-state index contributed by atoms with van der Waals surface area (Å²) in [4.78, 5) is 2.15. The Balaban J connectivity index is 2.11. The maximum absolute atomic E-state index is 5.43. The molecule has 0 unspecified atom stereocenters. The molecule has 4 heteroatoms. The number of nitrogens with zero attached hydrogens (tertiary/aromatic N) is 1. The second-order valence-electron chi connectivity index (χ2n) is 5.25. The van der Waals surface area contributed by atoms with Gasteiger partial charge < -0.3 is 15.0 Å². The monoisotopic (exact) mass is 348 g/mol. The molecule has 0 spiro atoms. The summed E-state index contributed by atoms with van der Waals surface area (Å²) in [7, 11) is 5.84. The SMILES string of the molecule is COc1ccc(CN(C)C)cc1NCc1ccc(Br)cc1. The van der Waals surface area contributed by atoms with Crippen LogP contribution in [0.4, 0.5) is 5.69 Å². The van der Waals surface area contributed by atoms with Crippen LogP contribution in [0.25, 0.3) is 0 Å². The van der Waals surface area contributed by atoms with E-state index >= 15 is 0 Å². The van der Waals surface area contributed by atoms with Gasteiger partial charge in [-0.1, -0.05) is 34.1 Å². The Morgan fingerprint density at radius 1 is 1.05 bits per heavy atom. The smallest absolute Gasteiger partial charge is 0.141 e. The fourth-order valence-corrected chi connectivity index (χ4v) is 2.42. The number of nitrogens with one attached hydrogen (secondary N) is 1. The van der Waals surface area contributed by atoms with Gasteiger partial charge in [0, 0.05) is 17.6 Å². The second kappa shape index (κ2) is 7.48. The number of methoxy groups -OCH3 is 1. The van der Waals surface area contributed by atoms with E-state index in [1.165, 1.54) is 11.1 Å². The van der Waals surface area contributed by atoms with Crippen molar-refractivity contribution in [3.05, 3.63) is 58.1 Å². The number of hydrogen-bond acceptors (Lipinski definition) is 3. The quantitative estimate of drug-likeness (QED) is 0.849. The maximum atomic E-state index is 5.43. The normalized spacial score (nSPS) is 10.7. The third kappa shape index (κ3) is 4.76. The maximum Gasteiger partial charge on any atom is 0.141 e. The molecule has 0 aliphatic rings. The third-order valence-electron chi connectivity index (χ3n) is 3.16. The van der Waals surface area contributed by atoms with E-state index in [4.69, 9.17) is 4.74 Å².